The number of halogens is 1. The standard InChI is InChI=1S/C24H14BrN/c25-21-13-20-15(14-5-1-2-6-17(14)21)9-10-18-16(20)11-12-23-24(18)19-7-3-4-8-22(19)26-23/h1-13,26H. The summed E-state index contributed by atoms with van der Waals surface area (Å²) in [6, 6.07) is 28.4. The van der Waals surface area contributed by atoms with Gasteiger partial charge in [0.25, 0.3) is 0 Å². The van der Waals surface area contributed by atoms with Crippen LogP contribution in [0.3, 0.4) is 0 Å². The van der Waals surface area contributed by atoms with Crippen LogP contribution in [0.1, 0.15) is 0 Å². The molecular weight excluding hydrogens is 382 g/mol. The van der Waals surface area contributed by atoms with E-state index in [0.29, 0.717) is 0 Å². The maximum atomic E-state index is 3.78. The lowest BCUT2D eigenvalue weighted by Gasteiger charge is -2.10. The number of aromatic amines is 1. The summed E-state index contributed by atoms with van der Waals surface area (Å²) in [7, 11) is 0. The molecule has 5 aromatic carbocycles. The van der Waals surface area contributed by atoms with E-state index in [-0.39, 0.29) is 0 Å². The van der Waals surface area contributed by atoms with E-state index in [1.807, 2.05) is 0 Å². The molecule has 122 valence electrons. The molecule has 0 fully saturated rings. The molecule has 0 spiro atoms. The molecule has 1 N–H and O–H groups in total. The van der Waals surface area contributed by atoms with Gasteiger partial charge in [0.05, 0.1) is 0 Å². The van der Waals surface area contributed by atoms with Crippen LogP contribution >= 0.6 is 15.9 Å². The summed E-state index contributed by atoms with van der Waals surface area (Å²) in [6.45, 7) is 0. The molecule has 0 bridgehead atoms. The number of rotatable bonds is 0. The first-order chi connectivity index (χ1) is 12.8. The Bertz CT molecular complexity index is 1490. The van der Waals surface area contributed by atoms with Crippen molar-refractivity contribution >= 4 is 70.1 Å². The fourth-order valence-corrected chi connectivity index (χ4v) is 4.87. The van der Waals surface area contributed by atoms with Gasteiger partial charge in [0.1, 0.15) is 0 Å². The fourth-order valence-electron chi connectivity index (χ4n) is 4.30. The van der Waals surface area contributed by atoms with Crippen LogP contribution in [0.4, 0.5) is 0 Å². The van der Waals surface area contributed by atoms with E-state index < -0.39 is 0 Å². The highest BCUT2D eigenvalue weighted by Crippen LogP contribution is 2.39. The number of hydrogen-bond acceptors (Lipinski definition) is 0. The second-order valence-corrected chi connectivity index (χ2v) is 7.67. The lowest BCUT2D eigenvalue weighted by molar-refractivity contribution is 1.55. The van der Waals surface area contributed by atoms with E-state index >= 15 is 0 Å². The first-order valence-corrected chi connectivity index (χ1v) is 9.54. The van der Waals surface area contributed by atoms with Crippen molar-refractivity contribution in [3.8, 4) is 0 Å². The average molecular weight is 396 g/mol. The zero-order chi connectivity index (χ0) is 17.3. The quantitative estimate of drug-likeness (QED) is 0.255. The number of fused-ring (bicyclic) bond motifs is 9. The minimum absolute atomic E-state index is 1.15. The van der Waals surface area contributed by atoms with Crippen LogP contribution in [0.15, 0.2) is 83.3 Å². The lowest BCUT2D eigenvalue weighted by Crippen LogP contribution is -1.83. The Morgan fingerprint density at radius 2 is 1.12 bits per heavy atom. The molecule has 1 nitrogen and oxygen atoms in total. The van der Waals surface area contributed by atoms with Gasteiger partial charge in [-0.2, -0.15) is 0 Å². The van der Waals surface area contributed by atoms with E-state index in [4.69, 9.17) is 0 Å². The van der Waals surface area contributed by atoms with Gasteiger partial charge in [0.15, 0.2) is 0 Å². The predicted octanol–water partition coefficient (Wildman–Crippen LogP) is 7.54. The summed E-state index contributed by atoms with van der Waals surface area (Å²) >= 11 is 3.78. The molecule has 2 heteroatoms. The minimum Gasteiger partial charge on any atom is -0.354 e. The molecule has 1 aromatic heterocycles. The van der Waals surface area contributed by atoms with E-state index in [1.54, 1.807) is 0 Å². The van der Waals surface area contributed by atoms with Crippen LogP contribution in [-0.4, -0.2) is 4.98 Å². The summed E-state index contributed by atoms with van der Waals surface area (Å²) < 4.78 is 1.15. The average Bonchev–Trinajstić information content (AvgIpc) is 3.07. The van der Waals surface area contributed by atoms with Crippen molar-refractivity contribution < 1.29 is 0 Å². The van der Waals surface area contributed by atoms with Gasteiger partial charge in [-0.1, -0.05) is 76.6 Å². The summed E-state index contributed by atoms with van der Waals surface area (Å²) in [5.41, 5.74) is 2.38. The molecule has 0 saturated carbocycles. The third-order valence-electron chi connectivity index (χ3n) is 5.45. The summed E-state index contributed by atoms with van der Waals surface area (Å²) in [5, 5.41) is 10.3. The van der Waals surface area contributed by atoms with Crippen LogP contribution in [0.5, 0.6) is 0 Å². The van der Waals surface area contributed by atoms with Gasteiger partial charge in [0, 0.05) is 26.3 Å². The third kappa shape index (κ3) is 1.80. The van der Waals surface area contributed by atoms with Gasteiger partial charge in [-0.15, -0.1) is 0 Å². The molecule has 0 radical (unpaired) electrons. The molecule has 0 unspecified atom stereocenters. The van der Waals surface area contributed by atoms with Crippen molar-refractivity contribution in [1.29, 1.82) is 0 Å². The number of aromatic nitrogens is 1. The Morgan fingerprint density at radius 1 is 0.500 bits per heavy atom. The van der Waals surface area contributed by atoms with Gasteiger partial charge in [-0.3, -0.25) is 0 Å². The van der Waals surface area contributed by atoms with Gasteiger partial charge in [-0.05, 0) is 50.5 Å². The lowest BCUT2D eigenvalue weighted by atomic mass is 9.95. The van der Waals surface area contributed by atoms with Crippen LogP contribution in [-0.2, 0) is 0 Å². The van der Waals surface area contributed by atoms with Crippen molar-refractivity contribution in [2.24, 2.45) is 0 Å². The topological polar surface area (TPSA) is 15.8 Å². The Hall–Kier alpha value is -2.84. The van der Waals surface area contributed by atoms with E-state index in [2.05, 4.69) is 99.8 Å². The van der Waals surface area contributed by atoms with Crippen molar-refractivity contribution in [2.75, 3.05) is 0 Å². The van der Waals surface area contributed by atoms with Gasteiger partial charge in [-0.25, -0.2) is 0 Å². The molecule has 26 heavy (non-hydrogen) atoms. The van der Waals surface area contributed by atoms with Crippen LogP contribution in [0.2, 0.25) is 0 Å². The molecule has 6 rings (SSSR count). The molecule has 0 amide bonds. The first kappa shape index (κ1) is 14.3. The molecule has 0 aliphatic carbocycles. The first-order valence-electron chi connectivity index (χ1n) is 8.74. The number of nitrogens with one attached hydrogen (secondary N) is 1. The van der Waals surface area contributed by atoms with Crippen molar-refractivity contribution in [2.45, 2.75) is 0 Å². The Labute approximate surface area is 158 Å². The second-order valence-electron chi connectivity index (χ2n) is 6.82. The molecule has 6 aromatic rings. The predicted molar refractivity (Wildman–Crippen MR) is 116 cm³/mol. The Kier molecular flexibility index (Phi) is 2.81. The van der Waals surface area contributed by atoms with Crippen LogP contribution < -0.4 is 0 Å². The second kappa shape index (κ2) is 5.09. The van der Waals surface area contributed by atoms with E-state index in [1.165, 1.54) is 54.1 Å². The SMILES string of the molecule is Brc1cc2c(ccc3c2ccc2[nH]c4ccccc4c23)c2ccccc12. The molecular formula is C24H14BrN. The Morgan fingerprint density at radius 3 is 2.00 bits per heavy atom. The van der Waals surface area contributed by atoms with Gasteiger partial charge < -0.3 is 4.98 Å². The zero-order valence-corrected chi connectivity index (χ0v) is 15.5. The highest BCUT2D eigenvalue weighted by atomic mass is 79.9. The van der Waals surface area contributed by atoms with Crippen molar-refractivity contribution in [3.63, 3.8) is 0 Å². The maximum Gasteiger partial charge on any atom is 0.0471 e. The summed E-state index contributed by atoms with van der Waals surface area (Å²) in [6.07, 6.45) is 0. The highest BCUT2D eigenvalue weighted by molar-refractivity contribution is 9.10. The molecule has 0 saturated heterocycles. The zero-order valence-electron chi connectivity index (χ0n) is 13.9. The number of para-hydroxylation sites is 1. The molecule has 0 aliphatic rings. The minimum atomic E-state index is 1.15. The number of H-pyrrole nitrogens is 1. The normalized spacial score (nSPS) is 12.0. The monoisotopic (exact) mass is 395 g/mol. The van der Waals surface area contributed by atoms with Crippen LogP contribution in [0.25, 0.3) is 54.1 Å². The Balaban J connectivity index is 1.89. The van der Waals surface area contributed by atoms with Gasteiger partial charge >= 0.3 is 0 Å². The smallest absolute Gasteiger partial charge is 0.0471 e. The number of hydrogen-bond donors (Lipinski definition) is 1. The van der Waals surface area contributed by atoms with Crippen molar-refractivity contribution in [3.05, 3.63) is 83.3 Å². The van der Waals surface area contributed by atoms with E-state index in [9.17, 15) is 0 Å². The van der Waals surface area contributed by atoms with Gasteiger partial charge in [0.2, 0.25) is 0 Å². The van der Waals surface area contributed by atoms with E-state index in [0.717, 1.165) is 4.47 Å². The number of benzene rings is 5. The van der Waals surface area contributed by atoms with Crippen LogP contribution in [0, 0.1) is 0 Å². The fraction of sp³-hybridized carbons (Fsp3) is 0. The summed E-state index contributed by atoms with van der Waals surface area (Å²) in [4.78, 5) is 3.55. The third-order valence-corrected chi connectivity index (χ3v) is 6.11. The summed E-state index contributed by atoms with van der Waals surface area (Å²) in [5.74, 6) is 0. The molecule has 1 heterocycles. The molecule has 0 atom stereocenters. The molecule has 0 aliphatic heterocycles. The van der Waals surface area contributed by atoms with Crippen molar-refractivity contribution in [1.82, 2.24) is 4.98 Å². The maximum absolute atomic E-state index is 3.78. The largest absolute Gasteiger partial charge is 0.354 e. The highest BCUT2D eigenvalue weighted by Gasteiger charge is 2.12.